The fourth-order valence-corrected chi connectivity index (χ4v) is 3.36. The molecule has 30 heavy (non-hydrogen) atoms. The van der Waals surface area contributed by atoms with Crippen molar-refractivity contribution in [3.8, 4) is 11.5 Å². The fourth-order valence-electron chi connectivity index (χ4n) is 3.36. The van der Waals surface area contributed by atoms with Crippen LogP contribution in [0, 0.1) is 6.92 Å². The van der Waals surface area contributed by atoms with Gasteiger partial charge < -0.3 is 20.1 Å². The second-order valence-electron chi connectivity index (χ2n) is 7.37. The van der Waals surface area contributed by atoms with Crippen molar-refractivity contribution in [1.82, 2.24) is 0 Å². The van der Waals surface area contributed by atoms with Crippen molar-refractivity contribution in [1.29, 1.82) is 0 Å². The number of carbonyl (C=O) groups is 1. The Balaban J connectivity index is 1.79. The molecule has 3 rings (SSSR count). The highest BCUT2D eigenvalue weighted by Crippen LogP contribution is 2.26. The quantitative estimate of drug-likeness (QED) is 0.601. The third kappa shape index (κ3) is 5.39. The van der Waals surface area contributed by atoms with Crippen LogP contribution in [0.5, 0.6) is 11.5 Å². The highest BCUT2D eigenvalue weighted by molar-refractivity contribution is 5.94. The zero-order valence-electron chi connectivity index (χ0n) is 17.9. The number of aryl methyl sites for hydroxylation is 1. The Bertz CT molecular complexity index is 949. The summed E-state index contributed by atoms with van der Waals surface area (Å²) in [5.74, 6) is 1.17. The van der Waals surface area contributed by atoms with E-state index in [4.69, 9.17) is 9.47 Å². The Morgan fingerprint density at radius 1 is 0.867 bits per heavy atom. The van der Waals surface area contributed by atoms with Gasteiger partial charge in [-0.2, -0.15) is 0 Å². The Labute approximate surface area is 178 Å². The summed E-state index contributed by atoms with van der Waals surface area (Å²) in [6.45, 7) is 3.99. The monoisotopic (exact) mass is 405 g/mol. The van der Waals surface area contributed by atoms with Crippen LogP contribution in [0.3, 0.4) is 0 Å². The molecule has 3 aromatic rings. The van der Waals surface area contributed by atoms with Crippen LogP contribution in [0.2, 0.25) is 0 Å². The molecule has 0 saturated carbocycles. The van der Waals surface area contributed by atoms with Crippen LogP contribution in [0.1, 0.15) is 29.7 Å². The highest BCUT2D eigenvalue weighted by atomic mass is 16.5. The first-order valence-corrected chi connectivity index (χ1v) is 10.0. The number of carbonyl (C=O) groups excluding carboxylic acids is 1. The van der Waals surface area contributed by atoms with Gasteiger partial charge in [0.25, 0.3) is 5.91 Å². The number of quaternary nitrogens is 1. The molecule has 0 heterocycles. The van der Waals surface area contributed by atoms with Crippen molar-refractivity contribution in [2.45, 2.75) is 25.9 Å². The number of rotatable bonds is 8. The Morgan fingerprint density at radius 3 is 2.00 bits per heavy atom. The molecule has 0 unspecified atom stereocenters. The lowest BCUT2D eigenvalue weighted by Crippen LogP contribution is -2.92. The van der Waals surface area contributed by atoms with Crippen LogP contribution >= 0.6 is 0 Å². The van der Waals surface area contributed by atoms with Gasteiger partial charge in [0.2, 0.25) is 0 Å². The average molecular weight is 406 g/mol. The summed E-state index contributed by atoms with van der Waals surface area (Å²) in [5, 5.41) is 5.07. The number of methoxy groups -OCH3 is 2. The summed E-state index contributed by atoms with van der Waals surface area (Å²) in [6.07, 6.45) is 0. The average Bonchev–Trinajstić information content (AvgIpc) is 2.78. The highest BCUT2D eigenvalue weighted by Gasteiger charge is 2.25. The fraction of sp³-hybridized carbons (Fsp3) is 0.240. The predicted octanol–water partition coefficient (Wildman–Crippen LogP) is 3.69. The van der Waals surface area contributed by atoms with Gasteiger partial charge in [0.1, 0.15) is 17.5 Å². The lowest BCUT2D eigenvalue weighted by atomic mass is 9.97. The molecule has 5 nitrogen and oxygen atoms in total. The lowest BCUT2D eigenvalue weighted by molar-refractivity contribution is -0.704. The van der Waals surface area contributed by atoms with Crippen molar-refractivity contribution in [3.05, 3.63) is 89.5 Å². The summed E-state index contributed by atoms with van der Waals surface area (Å²) in [5.41, 5.74) is 4.17. The van der Waals surface area contributed by atoms with Gasteiger partial charge in [0, 0.05) is 35.0 Å². The van der Waals surface area contributed by atoms with Crippen molar-refractivity contribution in [3.63, 3.8) is 0 Å². The molecule has 0 spiro atoms. The van der Waals surface area contributed by atoms with Crippen LogP contribution in [0.15, 0.2) is 72.8 Å². The number of anilines is 1. The summed E-state index contributed by atoms with van der Waals surface area (Å²) < 4.78 is 10.6. The number of ether oxygens (including phenoxy) is 2. The standard InChI is InChI=1S/C25H28N2O3/c1-17-10-12-20(13-11-17)24(19-8-6-5-7-9-19)26-18(2)25(28)27-21-14-22(29-3)16-23(15-21)30-4/h5-16,18,24,26H,1-4H3,(H,27,28)/p+1/t18-,24-/m0/s1. The molecule has 0 aromatic heterocycles. The molecule has 0 radical (unpaired) electrons. The molecule has 3 N–H and O–H groups in total. The first-order chi connectivity index (χ1) is 14.5. The third-order valence-electron chi connectivity index (χ3n) is 5.11. The molecular formula is C25H29N2O3+. The van der Waals surface area contributed by atoms with Gasteiger partial charge in [-0.1, -0.05) is 60.2 Å². The minimum absolute atomic E-state index is 0.0207. The summed E-state index contributed by atoms with van der Waals surface area (Å²) in [7, 11) is 3.17. The maximum absolute atomic E-state index is 12.9. The summed E-state index contributed by atoms with van der Waals surface area (Å²) in [6, 6.07) is 23.7. The van der Waals surface area contributed by atoms with Crippen LogP contribution in [-0.4, -0.2) is 26.2 Å². The summed E-state index contributed by atoms with van der Waals surface area (Å²) in [4.78, 5) is 12.9. The van der Waals surface area contributed by atoms with E-state index < -0.39 is 0 Å². The number of nitrogens with one attached hydrogen (secondary N) is 1. The molecule has 0 fully saturated rings. The number of nitrogens with two attached hydrogens (primary N) is 1. The molecule has 156 valence electrons. The SMILES string of the molecule is COc1cc(NC(=O)[C@H](C)[NH2+][C@@H](c2ccccc2)c2ccc(C)cc2)cc(OC)c1. The van der Waals surface area contributed by atoms with Crippen LogP contribution in [-0.2, 0) is 4.79 Å². The Hall–Kier alpha value is -3.31. The van der Waals surface area contributed by atoms with Crippen LogP contribution in [0.25, 0.3) is 0 Å². The summed E-state index contributed by atoms with van der Waals surface area (Å²) >= 11 is 0. The molecule has 2 atom stereocenters. The van der Waals surface area contributed by atoms with Crippen LogP contribution in [0.4, 0.5) is 5.69 Å². The molecule has 1 amide bonds. The maximum Gasteiger partial charge on any atom is 0.282 e. The molecule has 0 saturated heterocycles. The van der Waals surface area contributed by atoms with E-state index in [-0.39, 0.29) is 18.0 Å². The van der Waals surface area contributed by atoms with Crippen LogP contribution < -0.4 is 20.1 Å². The molecule has 0 aliphatic heterocycles. The van der Waals surface area contributed by atoms with E-state index in [0.29, 0.717) is 17.2 Å². The van der Waals surface area contributed by atoms with Crippen molar-refractivity contribution in [2.75, 3.05) is 19.5 Å². The maximum atomic E-state index is 12.9. The van der Waals surface area contributed by atoms with Crippen molar-refractivity contribution >= 4 is 11.6 Å². The van der Waals surface area contributed by atoms with Gasteiger partial charge in [-0.3, -0.25) is 4.79 Å². The first kappa shape index (κ1) is 21.4. The minimum Gasteiger partial charge on any atom is -0.497 e. The van der Waals surface area contributed by atoms with E-state index in [1.807, 2.05) is 25.1 Å². The lowest BCUT2D eigenvalue weighted by Gasteiger charge is -2.21. The topological polar surface area (TPSA) is 64.2 Å². The van der Waals surface area contributed by atoms with Gasteiger partial charge in [-0.05, 0) is 13.8 Å². The Morgan fingerprint density at radius 2 is 1.43 bits per heavy atom. The molecular weight excluding hydrogens is 376 g/mol. The van der Waals surface area contributed by atoms with E-state index in [0.717, 1.165) is 11.1 Å². The zero-order valence-corrected chi connectivity index (χ0v) is 17.9. The minimum atomic E-state index is -0.311. The normalized spacial score (nSPS) is 12.7. The second kappa shape index (κ2) is 9.94. The first-order valence-electron chi connectivity index (χ1n) is 10.0. The van der Waals surface area contributed by atoms with E-state index >= 15 is 0 Å². The number of hydrogen-bond donors (Lipinski definition) is 2. The smallest absolute Gasteiger partial charge is 0.282 e. The number of hydrogen-bond acceptors (Lipinski definition) is 3. The predicted molar refractivity (Wildman–Crippen MR) is 119 cm³/mol. The van der Waals surface area contributed by atoms with Crippen molar-refractivity contribution < 1.29 is 19.6 Å². The molecule has 0 aliphatic rings. The van der Waals surface area contributed by atoms with E-state index in [9.17, 15) is 4.79 Å². The third-order valence-corrected chi connectivity index (χ3v) is 5.11. The van der Waals surface area contributed by atoms with E-state index in [1.165, 1.54) is 5.56 Å². The van der Waals surface area contributed by atoms with Gasteiger partial charge >= 0.3 is 0 Å². The number of benzene rings is 3. The number of amides is 1. The van der Waals surface area contributed by atoms with E-state index in [2.05, 4.69) is 54.0 Å². The molecule has 0 bridgehead atoms. The molecule has 0 aliphatic carbocycles. The largest absolute Gasteiger partial charge is 0.497 e. The van der Waals surface area contributed by atoms with Gasteiger partial charge in [0.05, 0.1) is 14.2 Å². The zero-order chi connectivity index (χ0) is 21.5. The van der Waals surface area contributed by atoms with E-state index in [1.54, 1.807) is 32.4 Å². The van der Waals surface area contributed by atoms with Crippen molar-refractivity contribution in [2.24, 2.45) is 0 Å². The Kier molecular flexibility index (Phi) is 7.09. The second-order valence-corrected chi connectivity index (χ2v) is 7.37. The van der Waals surface area contributed by atoms with Gasteiger partial charge in [-0.25, -0.2) is 0 Å². The van der Waals surface area contributed by atoms with Gasteiger partial charge in [-0.15, -0.1) is 0 Å². The molecule has 5 heteroatoms. The molecule has 3 aromatic carbocycles. The van der Waals surface area contributed by atoms with Gasteiger partial charge in [0.15, 0.2) is 6.04 Å².